The molecule has 1 fully saturated rings. The average Bonchev–Trinajstić information content (AvgIpc) is 3.01. The Hall–Kier alpha value is -3.00. The molecule has 3 rings (SSSR count). The lowest BCUT2D eigenvalue weighted by molar-refractivity contribution is -0.118. The van der Waals surface area contributed by atoms with Gasteiger partial charge in [0.15, 0.2) is 9.84 Å². The van der Waals surface area contributed by atoms with Gasteiger partial charge in [-0.05, 0) is 42.3 Å². The van der Waals surface area contributed by atoms with E-state index in [-0.39, 0.29) is 17.2 Å². The van der Waals surface area contributed by atoms with Gasteiger partial charge >= 0.3 is 0 Å². The number of carbonyl (C=O) groups excluding carboxylic acids is 2. The monoisotopic (exact) mass is 402 g/mol. The lowest BCUT2D eigenvalue weighted by Gasteiger charge is -2.14. The normalized spacial score (nSPS) is 18.5. The molecule has 146 valence electrons. The van der Waals surface area contributed by atoms with Crippen LogP contribution in [0.15, 0.2) is 60.3 Å². The summed E-state index contributed by atoms with van der Waals surface area (Å²) >= 11 is 0. The molecule has 8 heteroatoms. The summed E-state index contributed by atoms with van der Waals surface area (Å²) in [4.78, 5) is 25.1. The molecule has 0 aliphatic carbocycles. The standard InChI is InChI=1S/C20H19FN2O4S/c21-16-8-6-14(7-9-16)12-18(23-19(24)15-4-2-1-3-5-15)20(25)22-17-10-11-28(26,27)13-17/h1-9,12,17H,10-11,13H2,(H,22,25)(H,23,24)/b18-12+/t17-/m0/s1. The van der Waals surface area contributed by atoms with Crippen molar-refractivity contribution >= 4 is 27.7 Å². The Kier molecular flexibility index (Phi) is 5.89. The maximum Gasteiger partial charge on any atom is 0.268 e. The number of sulfone groups is 1. The molecular weight excluding hydrogens is 383 g/mol. The van der Waals surface area contributed by atoms with Crippen molar-refractivity contribution in [3.8, 4) is 0 Å². The zero-order valence-electron chi connectivity index (χ0n) is 14.9. The maximum absolute atomic E-state index is 13.1. The van der Waals surface area contributed by atoms with E-state index in [2.05, 4.69) is 10.6 Å². The van der Waals surface area contributed by atoms with Gasteiger partial charge in [-0.2, -0.15) is 0 Å². The number of benzene rings is 2. The number of carbonyl (C=O) groups is 2. The zero-order chi connectivity index (χ0) is 20.1. The zero-order valence-corrected chi connectivity index (χ0v) is 15.7. The molecule has 1 aliphatic heterocycles. The van der Waals surface area contributed by atoms with Crippen molar-refractivity contribution in [2.75, 3.05) is 11.5 Å². The van der Waals surface area contributed by atoms with Crippen LogP contribution >= 0.6 is 0 Å². The van der Waals surface area contributed by atoms with Crippen molar-refractivity contribution in [2.45, 2.75) is 12.5 Å². The van der Waals surface area contributed by atoms with Crippen LogP contribution in [0.25, 0.3) is 6.08 Å². The van der Waals surface area contributed by atoms with Crippen molar-refractivity contribution in [3.63, 3.8) is 0 Å². The largest absolute Gasteiger partial charge is 0.347 e. The summed E-state index contributed by atoms with van der Waals surface area (Å²) in [5, 5.41) is 5.21. The van der Waals surface area contributed by atoms with Gasteiger partial charge in [0.1, 0.15) is 11.5 Å². The molecule has 2 N–H and O–H groups in total. The van der Waals surface area contributed by atoms with E-state index >= 15 is 0 Å². The first-order chi connectivity index (χ1) is 13.3. The molecule has 1 aliphatic rings. The quantitative estimate of drug-likeness (QED) is 0.747. The Labute approximate surface area is 162 Å². The van der Waals surface area contributed by atoms with E-state index in [4.69, 9.17) is 0 Å². The minimum Gasteiger partial charge on any atom is -0.347 e. The highest BCUT2D eigenvalue weighted by molar-refractivity contribution is 7.91. The number of nitrogens with one attached hydrogen (secondary N) is 2. The third-order valence-electron chi connectivity index (χ3n) is 4.28. The first-order valence-corrected chi connectivity index (χ1v) is 10.5. The molecule has 0 saturated carbocycles. The van der Waals surface area contributed by atoms with Crippen LogP contribution < -0.4 is 10.6 Å². The second-order valence-corrected chi connectivity index (χ2v) is 8.73. The van der Waals surface area contributed by atoms with Gasteiger partial charge in [-0.3, -0.25) is 9.59 Å². The molecule has 6 nitrogen and oxygen atoms in total. The first kappa shape index (κ1) is 19.8. The van der Waals surface area contributed by atoms with Crippen molar-refractivity contribution in [2.24, 2.45) is 0 Å². The van der Waals surface area contributed by atoms with Gasteiger partial charge in [0.2, 0.25) is 0 Å². The molecule has 2 amide bonds. The molecule has 28 heavy (non-hydrogen) atoms. The minimum absolute atomic E-state index is 0.0192. The van der Waals surface area contributed by atoms with Crippen LogP contribution in [0.3, 0.4) is 0 Å². The smallest absolute Gasteiger partial charge is 0.268 e. The third kappa shape index (κ3) is 5.26. The Bertz CT molecular complexity index is 1000. The van der Waals surface area contributed by atoms with Crippen LogP contribution in [-0.4, -0.2) is 37.8 Å². The Balaban J connectivity index is 1.82. The summed E-state index contributed by atoms with van der Waals surface area (Å²) < 4.78 is 36.3. The van der Waals surface area contributed by atoms with Crippen LogP contribution in [0.5, 0.6) is 0 Å². The van der Waals surface area contributed by atoms with Gasteiger partial charge in [0.25, 0.3) is 11.8 Å². The second kappa shape index (κ2) is 8.35. The van der Waals surface area contributed by atoms with Crippen molar-refractivity contribution in [1.29, 1.82) is 0 Å². The molecule has 0 unspecified atom stereocenters. The molecule has 0 bridgehead atoms. The van der Waals surface area contributed by atoms with E-state index in [1.54, 1.807) is 30.3 Å². The van der Waals surface area contributed by atoms with Gasteiger partial charge in [-0.15, -0.1) is 0 Å². The summed E-state index contributed by atoms with van der Waals surface area (Å²) in [6, 6.07) is 13.3. The third-order valence-corrected chi connectivity index (χ3v) is 6.05. The Morgan fingerprint density at radius 1 is 1.04 bits per heavy atom. The molecule has 0 aromatic heterocycles. The summed E-state index contributed by atoms with van der Waals surface area (Å²) in [6.45, 7) is 0. The van der Waals surface area contributed by atoms with Crippen molar-refractivity contribution in [3.05, 3.63) is 77.2 Å². The molecule has 1 atom stereocenters. The van der Waals surface area contributed by atoms with Gasteiger partial charge in [0, 0.05) is 11.6 Å². The number of halogens is 1. The van der Waals surface area contributed by atoms with E-state index in [0.717, 1.165) is 0 Å². The molecule has 2 aromatic rings. The van der Waals surface area contributed by atoms with E-state index in [1.165, 1.54) is 30.3 Å². The van der Waals surface area contributed by atoms with Crippen LogP contribution in [0, 0.1) is 5.82 Å². The van der Waals surface area contributed by atoms with Crippen molar-refractivity contribution < 1.29 is 22.4 Å². The molecule has 2 aromatic carbocycles. The SMILES string of the molecule is O=C(N[C@H]1CCS(=O)(=O)C1)/C(=C\c1ccc(F)cc1)NC(=O)c1ccccc1. The predicted octanol–water partition coefficient (Wildman–Crippen LogP) is 1.90. The van der Waals surface area contributed by atoms with Crippen LogP contribution in [0.1, 0.15) is 22.3 Å². The first-order valence-electron chi connectivity index (χ1n) is 8.67. The van der Waals surface area contributed by atoms with Gasteiger partial charge in [0.05, 0.1) is 11.5 Å². The minimum atomic E-state index is -3.16. The molecule has 0 radical (unpaired) electrons. The second-order valence-electron chi connectivity index (χ2n) is 6.50. The Morgan fingerprint density at radius 3 is 2.32 bits per heavy atom. The highest BCUT2D eigenvalue weighted by atomic mass is 32.2. The van der Waals surface area contributed by atoms with E-state index in [1.807, 2.05) is 0 Å². The van der Waals surface area contributed by atoms with Crippen LogP contribution in [0.4, 0.5) is 4.39 Å². The van der Waals surface area contributed by atoms with Crippen LogP contribution in [0.2, 0.25) is 0 Å². The topological polar surface area (TPSA) is 92.3 Å². The number of amides is 2. The van der Waals surface area contributed by atoms with E-state index in [9.17, 15) is 22.4 Å². The fourth-order valence-corrected chi connectivity index (χ4v) is 4.51. The molecular formula is C20H19FN2O4S. The summed E-state index contributed by atoms with van der Waals surface area (Å²) in [7, 11) is -3.16. The average molecular weight is 402 g/mol. The Morgan fingerprint density at radius 2 is 1.71 bits per heavy atom. The fourth-order valence-electron chi connectivity index (χ4n) is 2.84. The van der Waals surface area contributed by atoms with E-state index < -0.39 is 33.5 Å². The lowest BCUT2D eigenvalue weighted by Crippen LogP contribution is -2.41. The summed E-state index contributed by atoms with van der Waals surface area (Å²) in [5.41, 5.74) is 0.826. The fraction of sp³-hybridized carbons (Fsp3) is 0.200. The van der Waals surface area contributed by atoms with Crippen LogP contribution in [-0.2, 0) is 14.6 Å². The summed E-state index contributed by atoms with van der Waals surface area (Å²) in [6.07, 6.45) is 1.74. The predicted molar refractivity (Wildman–Crippen MR) is 103 cm³/mol. The van der Waals surface area contributed by atoms with Crippen molar-refractivity contribution in [1.82, 2.24) is 10.6 Å². The number of hydrogen-bond donors (Lipinski definition) is 2. The number of hydrogen-bond acceptors (Lipinski definition) is 4. The molecule has 0 spiro atoms. The van der Waals surface area contributed by atoms with Gasteiger partial charge in [-0.25, -0.2) is 12.8 Å². The van der Waals surface area contributed by atoms with E-state index in [0.29, 0.717) is 17.5 Å². The highest BCUT2D eigenvalue weighted by Crippen LogP contribution is 2.13. The summed E-state index contributed by atoms with van der Waals surface area (Å²) in [5.74, 6) is -1.62. The molecule has 1 heterocycles. The number of rotatable bonds is 5. The highest BCUT2D eigenvalue weighted by Gasteiger charge is 2.29. The maximum atomic E-state index is 13.1. The molecule has 1 saturated heterocycles. The van der Waals surface area contributed by atoms with Gasteiger partial charge in [-0.1, -0.05) is 30.3 Å². The van der Waals surface area contributed by atoms with Gasteiger partial charge < -0.3 is 10.6 Å². The lowest BCUT2D eigenvalue weighted by atomic mass is 10.1.